The zero-order chi connectivity index (χ0) is 16.0. The molecule has 0 amide bonds. The number of hydrogen-bond acceptors (Lipinski definition) is 2. The smallest absolute Gasteiger partial charge is 0.0716 e. The fourth-order valence-electron chi connectivity index (χ4n) is 4.61. The van der Waals surface area contributed by atoms with Crippen LogP contribution in [0.5, 0.6) is 0 Å². The van der Waals surface area contributed by atoms with E-state index >= 15 is 0 Å². The van der Waals surface area contributed by atoms with E-state index in [4.69, 9.17) is 0 Å². The Hall–Kier alpha value is -0.860. The summed E-state index contributed by atoms with van der Waals surface area (Å²) in [5.74, 6) is 0.298. The van der Waals surface area contributed by atoms with Crippen LogP contribution >= 0.6 is 0 Å². The van der Waals surface area contributed by atoms with Crippen molar-refractivity contribution in [2.45, 2.75) is 75.7 Å². The Morgan fingerprint density at radius 3 is 2.13 bits per heavy atom. The lowest BCUT2D eigenvalue weighted by Gasteiger charge is -2.40. The molecule has 23 heavy (non-hydrogen) atoms. The molecule has 1 unspecified atom stereocenters. The molecule has 1 aromatic rings. The first-order chi connectivity index (χ1) is 11.3. The summed E-state index contributed by atoms with van der Waals surface area (Å²) in [7, 11) is 0. The van der Waals surface area contributed by atoms with Gasteiger partial charge in [-0.1, -0.05) is 62.4 Å². The van der Waals surface area contributed by atoms with Crippen LogP contribution in [0.4, 0.5) is 0 Å². The number of nitrogens with zero attached hydrogens (tertiary/aromatic N) is 1. The van der Waals surface area contributed by atoms with Crippen molar-refractivity contribution >= 4 is 0 Å². The summed E-state index contributed by atoms with van der Waals surface area (Å²) in [6, 6.07) is 10.8. The molecule has 3 rings (SSSR count). The second-order valence-electron chi connectivity index (χ2n) is 7.67. The molecule has 2 aliphatic rings. The Labute approximate surface area is 141 Å². The van der Waals surface area contributed by atoms with E-state index in [1.54, 1.807) is 0 Å². The molecule has 1 aliphatic carbocycles. The molecule has 1 aliphatic heterocycles. The van der Waals surface area contributed by atoms with Gasteiger partial charge < -0.3 is 10.0 Å². The van der Waals surface area contributed by atoms with Crippen LogP contribution in [0.1, 0.15) is 75.7 Å². The molecule has 1 atom stereocenters. The third-order valence-corrected chi connectivity index (χ3v) is 6.00. The van der Waals surface area contributed by atoms with Crippen LogP contribution in [0, 0.1) is 0 Å². The van der Waals surface area contributed by atoms with Crippen LogP contribution in [-0.2, 0) is 0 Å². The van der Waals surface area contributed by atoms with Crippen LogP contribution in [0.2, 0.25) is 0 Å². The molecule has 128 valence electrons. The SMILES string of the molecule is OC1(C(CCN2CCCCCC2)c2ccccc2)CCCCC1. The summed E-state index contributed by atoms with van der Waals surface area (Å²) in [5, 5.41) is 11.4. The van der Waals surface area contributed by atoms with Crippen molar-refractivity contribution in [3.63, 3.8) is 0 Å². The van der Waals surface area contributed by atoms with E-state index in [0.29, 0.717) is 5.92 Å². The lowest BCUT2D eigenvalue weighted by atomic mass is 9.71. The molecular weight excluding hydrogens is 282 g/mol. The molecule has 2 fully saturated rings. The minimum atomic E-state index is -0.481. The predicted octanol–water partition coefficient (Wildman–Crippen LogP) is 4.73. The normalized spacial score (nSPS) is 24.0. The van der Waals surface area contributed by atoms with Gasteiger partial charge >= 0.3 is 0 Å². The molecule has 1 aromatic carbocycles. The molecule has 0 radical (unpaired) electrons. The maximum Gasteiger partial charge on any atom is 0.0716 e. The minimum absolute atomic E-state index is 0.298. The fourth-order valence-corrected chi connectivity index (χ4v) is 4.61. The van der Waals surface area contributed by atoms with E-state index < -0.39 is 5.60 Å². The molecule has 1 N–H and O–H groups in total. The number of aliphatic hydroxyl groups is 1. The summed E-state index contributed by atoms with van der Waals surface area (Å²) in [4.78, 5) is 2.63. The summed E-state index contributed by atoms with van der Waals surface area (Å²) >= 11 is 0. The van der Waals surface area contributed by atoms with Gasteiger partial charge in [-0.05, 0) is 57.3 Å². The number of benzene rings is 1. The van der Waals surface area contributed by atoms with E-state index in [-0.39, 0.29) is 0 Å². The largest absolute Gasteiger partial charge is 0.389 e. The van der Waals surface area contributed by atoms with Crippen LogP contribution in [0.25, 0.3) is 0 Å². The quantitative estimate of drug-likeness (QED) is 0.849. The molecular formula is C21H33NO. The van der Waals surface area contributed by atoms with E-state index in [1.165, 1.54) is 63.6 Å². The molecule has 1 saturated carbocycles. The highest BCUT2D eigenvalue weighted by atomic mass is 16.3. The van der Waals surface area contributed by atoms with Gasteiger partial charge in [0.2, 0.25) is 0 Å². The Morgan fingerprint density at radius 2 is 1.48 bits per heavy atom. The minimum Gasteiger partial charge on any atom is -0.389 e. The van der Waals surface area contributed by atoms with Crippen LogP contribution < -0.4 is 0 Å². The van der Waals surface area contributed by atoms with Gasteiger partial charge in [-0.15, -0.1) is 0 Å². The third kappa shape index (κ3) is 4.58. The van der Waals surface area contributed by atoms with E-state index in [9.17, 15) is 5.11 Å². The predicted molar refractivity (Wildman–Crippen MR) is 96.7 cm³/mol. The first-order valence-electron chi connectivity index (χ1n) is 9.78. The van der Waals surface area contributed by atoms with E-state index in [0.717, 1.165) is 25.8 Å². The molecule has 2 heteroatoms. The first-order valence-corrected chi connectivity index (χ1v) is 9.78. The molecule has 0 aromatic heterocycles. The fraction of sp³-hybridized carbons (Fsp3) is 0.714. The van der Waals surface area contributed by atoms with Gasteiger partial charge in [-0.2, -0.15) is 0 Å². The highest BCUT2D eigenvalue weighted by Gasteiger charge is 2.38. The van der Waals surface area contributed by atoms with Crippen LogP contribution in [0.15, 0.2) is 30.3 Å². The maximum absolute atomic E-state index is 11.4. The van der Waals surface area contributed by atoms with Gasteiger partial charge in [-0.25, -0.2) is 0 Å². The van der Waals surface area contributed by atoms with Gasteiger partial charge in [0.05, 0.1) is 5.60 Å². The molecule has 0 spiro atoms. The van der Waals surface area contributed by atoms with Crippen molar-refractivity contribution in [1.82, 2.24) is 4.90 Å². The zero-order valence-corrected chi connectivity index (χ0v) is 14.6. The highest BCUT2D eigenvalue weighted by Crippen LogP contribution is 2.41. The Bertz CT molecular complexity index is 444. The number of rotatable bonds is 5. The lowest BCUT2D eigenvalue weighted by Crippen LogP contribution is -2.40. The lowest BCUT2D eigenvalue weighted by molar-refractivity contribution is -0.0262. The third-order valence-electron chi connectivity index (χ3n) is 6.00. The van der Waals surface area contributed by atoms with Gasteiger partial charge in [-0.3, -0.25) is 0 Å². The second-order valence-corrected chi connectivity index (χ2v) is 7.67. The van der Waals surface area contributed by atoms with Crippen LogP contribution in [0.3, 0.4) is 0 Å². The van der Waals surface area contributed by atoms with Crippen molar-refractivity contribution in [2.75, 3.05) is 19.6 Å². The topological polar surface area (TPSA) is 23.5 Å². The zero-order valence-electron chi connectivity index (χ0n) is 14.6. The standard InChI is InChI=1S/C21H33NO/c23-21(14-7-4-8-15-21)20(19-11-5-3-6-12-19)13-18-22-16-9-1-2-10-17-22/h3,5-6,11-12,20,23H,1-2,4,7-10,13-18H2. The summed E-state index contributed by atoms with van der Waals surface area (Å²) in [5.41, 5.74) is 0.859. The number of hydrogen-bond donors (Lipinski definition) is 1. The second kappa shape index (κ2) is 8.30. The molecule has 0 bridgehead atoms. The monoisotopic (exact) mass is 315 g/mol. The van der Waals surface area contributed by atoms with Crippen molar-refractivity contribution in [3.8, 4) is 0 Å². The average molecular weight is 316 g/mol. The highest BCUT2D eigenvalue weighted by molar-refractivity contribution is 5.23. The Morgan fingerprint density at radius 1 is 0.870 bits per heavy atom. The van der Waals surface area contributed by atoms with Crippen molar-refractivity contribution < 1.29 is 5.11 Å². The van der Waals surface area contributed by atoms with Crippen molar-refractivity contribution in [2.24, 2.45) is 0 Å². The van der Waals surface area contributed by atoms with Crippen LogP contribution in [-0.4, -0.2) is 35.2 Å². The summed E-state index contributed by atoms with van der Waals surface area (Å²) < 4.78 is 0. The van der Waals surface area contributed by atoms with E-state index in [1.807, 2.05) is 0 Å². The first kappa shape index (κ1) is 17.0. The molecule has 1 saturated heterocycles. The van der Waals surface area contributed by atoms with Gasteiger partial charge in [0, 0.05) is 5.92 Å². The number of likely N-dealkylation sites (tertiary alicyclic amines) is 1. The van der Waals surface area contributed by atoms with Gasteiger partial charge in [0.15, 0.2) is 0 Å². The Kier molecular flexibility index (Phi) is 6.13. The van der Waals surface area contributed by atoms with Gasteiger partial charge in [0.25, 0.3) is 0 Å². The molecule has 2 nitrogen and oxygen atoms in total. The maximum atomic E-state index is 11.4. The summed E-state index contributed by atoms with van der Waals surface area (Å²) in [6.07, 6.45) is 12.2. The van der Waals surface area contributed by atoms with Crippen molar-refractivity contribution in [3.05, 3.63) is 35.9 Å². The van der Waals surface area contributed by atoms with Gasteiger partial charge in [0.1, 0.15) is 0 Å². The Balaban J connectivity index is 1.70. The summed E-state index contributed by atoms with van der Waals surface area (Å²) in [6.45, 7) is 3.64. The van der Waals surface area contributed by atoms with Crippen molar-refractivity contribution in [1.29, 1.82) is 0 Å². The van der Waals surface area contributed by atoms with E-state index in [2.05, 4.69) is 35.2 Å². The average Bonchev–Trinajstić information content (AvgIpc) is 2.85. The molecule has 1 heterocycles.